The van der Waals surface area contributed by atoms with Crippen LogP contribution in [0.3, 0.4) is 0 Å². The van der Waals surface area contributed by atoms with Gasteiger partial charge in [-0.1, -0.05) is 30.3 Å². The molecule has 2 aliphatic rings. The van der Waals surface area contributed by atoms with Crippen molar-refractivity contribution in [3.8, 4) is 16.2 Å². The summed E-state index contributed by atoms with van der Waals surface area (Å²) in [4.78, 5) is 7.98. The maximum absolute atomic E-state index is 12.7. The van der Waals surface area contributed by atoms with E-state index in [2.05, 4.69) is 48.9 Å². The van der Waals surface area contributed by atoms with Crippen LogP contribution in [0, 0.1) is 0 Å². The molecule has 1 saturated heterocycles. The fourth-order valence-electron chi connectivity index (χ4n) is 5.19. The van der Waals surface area contributed by atoms with E-state index in [9.17, 15) is 8.42 Å². The van der Waals surface area contributed by atoms with Gasteiger partial charge in [0.15, 0.2) is 9.84 Å². The van der Waals surface area contributed by atoms with E-state index in [0.717, 1.165) is 60.5 Å². The third-order valence-corrected chi connectivity index (χ3v) is 9.99. The highest BCUT2D eigenvalue weighted by Crippen LogP contribution is 2.42. The Labute approximate surface area is 213 Å². The molecule has 2 aromatic carbocycles. The summed E-state index contributed by atoms with van der Waals surface area (Å²) in [6.45, 7) is 9.01. The lowest BCUT2D eigenvalue weighted by atomic mass is 9.81. The van der Waals surface area contributed by atoms with Gasteiger partial charge in [-0.25, -0.2) is 13.4 Å². The lowest BCUT2D eigenvalue weighted by Gasteiger charge is -2.48. The molecule has 0 bridgehead atoms. The van der Waals surface area contributed by atoms with Gasteiger partial charge >= 0.3 is 0 Å². The first-order valence-corrected chi connectivity index (χ1v) is 15.0. The Balaban J connectivity index is 1.26. The molecule has 0 aliphatic carbocycles. The van der Waals surface area contributed by atoms with Gasteiger partial charge < -0.3 is 4.74 Å². The number of sulfone groups is 1. The average molecular weight is 511 g/mol. The van der Waals surface area contributed by atoms with Crippen LogP contribution >= 0.6 is 11.3 Å². The fourth-order valence-corrected chi connectivity index (χ4v) is 7.93. The summed E-state index contributed by atoms with van der Waals surface area (Å²) < 4.78 is 32.0. The molecule has 1 fully saturated rings. The highest BCUT2D eigenvalue weighted by Gasteiger charge is 2.41. The van der Waals surface area contributed by atoms with Gasteiger partial charge in [-0.05, 0) is 81.3 Å². The Hall–Kier alpha value is -2.22. The summed E-state index contributed by atoms with van der Waals surface area (Å²) in [5.74, 6) is 1.00. The highest BCUT2D eigenvalue weighted by atomic mass is 32.2. The quantitative estimate of drug-likeness (QED) is 0.429. The number of aryl methyl sites for hydroxylation is 1. The first kappa shape index (κ1) is 24.5. The van der Waals surface area contributed by atoms with Crippen molar-refractivity contribution in [2.45, 2.75) is 69.1 Å². The smallest absolute Gasteiger partial charge is 0.160 e. The van der Waals surface area contributed by atoms with Gasteiger partial charge in [0.1, 0.15) is 22.1 Å². The molecule has 35 heavy (non-hydrogen) atoms. The van der Waals surface area contributed by atoms with Crippen LogP contribution < -0.4 is 4.74 Å². The zero-order valence-corrected chi connectivity index (χ0v) is 22.4. The number of hydrogen-bond donors (Lipinski definition) is 0. The molecule has 3 heterocycles. The van der Waals surface area contributed by atoms with Crippen LogP contribution in [0.4, 0.5) is 0 Å². The second-order valence-electron chi connectivity index (χ2n) is 10.9. The molecule has 3 aromatic rings. The molecular formula is C28H34N2O3S2. The number of likely N-dealkylation sites (tertiary alicyclic amines) is 1. The van der Waals surface area contributed by atoms with Gasteiger partial charge in [-0.15, -0.1) is 11.3 Å². The van der Waals surface area contributed by atoms with E-state index in [0.29, 0.717) is 5.01 Å². The second-order valence-corrected chi connectivity index (χ2v) is 14.1. The largest absolute Gasteiger partial charge is 0.487 e. The molecule has 7 heteroatoms. The van der Waals surface area contributed by atoms with E-state index < -0.39 is 9.84 Å². The van der Waals surface area contributed by atoms with Crippen molar-refractivity contribution in [1.82, 2.24) is 9.88 Å². The Morgan fingerprint density at radius 3 is 2.49 bits per heavy atom. The SMILES string of the molecule is CC(C)(C)N1CCC2(CCc3cc(-c4cnc(CS(=O)(=O)Cc5ccccc5)s4)ccc3O2)CC1. The number of piperidine rings is 1. The van der Waals surface area contributed by atoms with Gasteiger partial charge in [0.25, 0.3) is 0 Å². The van der Waals surface area contributed by atoms with Crippen molar-refractivity contribution in [2.75, 3.05) is 13.1 Å². The predicted octanol–water partition coefficient (Wildman–Crippen LogP) is 5.88. The summed E-state index contributed by atoms with van der Waals surface area (Å²) >= 11 is 1.46. The van der Waals surface area contributed by atoms with Crippen molar-refractivity contribution in [2.24, 2.45) is 0 Å². The number of ether oxygens (including phenoxy) is 1. The zero-order chi connectivity index (χ0) is 24.7. The van der Waals surface area contributed by atoms with Crippen molar-refractivity contribution < 1.29 is 13.2 Å². The van der Waals surface area contributed by atoms with E-state index in [-0.39, 0.29) is 22.6 Å². The number of nitrogens with zero attached hydrogens (tertiary/aromatic N) is 2. The number of benzene rings is 2. The van der Waals surface area contributed by atoms with E-state index in [1.165, 1.54) is 16.9 Å². The summed E-state index contributed by atoms with van der Waals surface area (Å²) in [7, 11) is -3.28. The molecule has 0 radical (unpaired) electrons. The van der Waals surface area contributed by atoms with E-state index in [4.69, 9.17) is 4.74 Å². The van der Waals surface area contributed by atoms with Crippen LogP contribution in [0.1, 0.15) is 56.2 Å². The fraction of sp³-hybridized carbons (Fsp3) is 0.464. The lowest BCUT2D eigenvalue weighted by Crippen LogP contribution is -2.54. The minimum Gasteiger partial charge on any atom is -0.487 e. The molecule has 0 amide bonds. The Morgan fingerprint density at radius 2 is 1.77 bits per heavy atom. The van der Waals surface area contributed by atoms with Crippen LogP contribution in [-0.4, -0.2) is 42.5 Å². The van der Waals surface area contributed by atoms with Crippen molar-refractivity contribution in [3.63, 3.8) is 0 Å². The number of aromatic nitrogens is 1. The predicted molar refractivity (Wildman–Crippen MR) is 143 cm³/mol. The normalized spacial score (nSPS) is 18.3. The standard InChI is InChI=1S/C28H34N2O3S2/c1-27(2,3)30-15-13-28(14-16-30)12-11-22-17-23(9-10-24(22)33-28)25-18-29-26(34-25)20-35(31,32)19-21-7-5-4-6-8-21/h4-10,17-18H,11-16,19-20H2,1-3H3. The third-order valence-electron chi connectivity index (χ3n) is 7.27. The van der Waals surface area contributed by atoms with Gasteiger partial charge in [0, 0.05) is 24.8 Å². The summed E-state index contributed by atoms with van der Waals surface area (Å²) in [5, 5.41) is 0.634. The second kappa shape index (κ2) is 9.34. The molecule has 5 rings (SSSR count). The van der Waals surface area contributed by atoms with Gasteiger partial charge in [-0.3, -0.25) is 4.90 Å². The maximum Gasteiger partial charge on any atom is 0.160 e. The number of hydrogen-bond acceptors (Lipinski definition) is 6. The molecule has 1 aromatic heterocycles. The minimum absolute atomic E-state index is 0.0330. The number of fused-ring (bicyclic) bond motifs is 1. The first-order valence-electron chi connectivity index (χ1n) is 12.4. The van der Waals surface area contributed by atoms with Crippen molar-refractivity contribution in [3.05, 3.63) is 70.9 Å². The van der Waals surface area contributed by atoms with E-state index in [1.807, 2.05) is 30.3 Å². The van der Waals surface area contributed by atoms with Crippen LogP contribution in [0.15, 0.2) is 54.7 Å². The Morgan fingerprint density at radius 1 is 1.03 bits per heavy atom. The van der Waals surface area contributed by atoms with Gasteiger partial charge in [-0.2, -0.15) is 0 Å². The van der Waals surface area contributed by atoms with Gasteiger partial charge in [0.2, 0.25) is 0 Å². The Kier molecular flexibility index (Phi) is 6.53. The minimum atomic E-state index is -3.28. The molecule has 5 nitrogen and oxygen atoms in total. The topological polar surface area (TPSA) is 59.5 Å². The molecule has 0 unspecified atom stereocenters. The monoisotopic (exact) mass is 510 g/mol. The zero-order valence-electron chi connectivity index (χ0n) is 20.8. The maximum atomic E-state index is 12.7. The van der Waals surface area contributed by atoms with Crippen LogP contribution in [0.5, 0.6) is 5.75 Å². The highest BCUT2D eigenvalue weighted by molar-refractivity contribution is 7.90. The van der Waals surface area contributed by atoms with Crippen molar-refractivity contribution in [1.29, 1.82) is 0 Å². The van der Waals surface area contributed by atoms with E-state index >= 15 is 0 Å². The number of rotatable bonds is 5. The molecule has 186 valence electrons. The average Bonchev–Trinajstić information content (AvgIpc) is 3.26. The summed E-state index contributed by atoms with van der Waals surface area (Å²) in [6, 6.07) is 15.7. The number of thiazole rings is 1. The molecule has 1 spiro atoms. The molecule has 0 saturated carbocycles. The molecule has 2 aliphatic heterocycles. The molecule has 0 N–H and O–H groups in total. The van der Waals surface area contributed by atoms with E-state index in [1.54, 1.807) is 6.20 Å². The molecule has 0 atom stereocenters. The lowest BCUT2D eigenvalue weighted by molar-refractivity contribution is -0.0355. The summed E-state index contributed by atoms with van der Waals surface area (Å²) in [5.41, 5.74) is 3.28. The van der Waals surface area contributed by atoms with Gasteiger partial charge in [0.05, 0.1) is 10.6 Å². The van der Waals surface area contributed by atoms with Crippen LogP contribution in [-0.2, 0) is 27.8 Å². The van der Waals surface area contributed by atoms with Crippen molar-refractivity contribution >= 4 is 21.2 Å². The Bertz CT molecular complexity index is 1290. The first-order chi connectivity index (χ1) is 16.6. The third kappa shape index (κ3) is 5.63. The summed E-state index contributed by atoms with van der Waals surface area (Å²) in [6.07, 6.45) is 6.00. The van der Waals surface area contributed by atoms with Crippen LogP contribution in [0.2, 0.25) is 0 Å². The van der Waals surface area contributed by atoms with Crippen LogP contribution in [0.25, 0.3) is 10.4 Å². The molecular weight excluding hydrogens is 476 g/mol.